The van der Waals surface area contributed by atoms with Gasteiger partial charge in [-0.2, -0.15) is 11.8 Å². The molecule has 0 heterocycles. The Morgan fingerprint density at radius 3 is 2.59 bits per heavy atom. The lowest BCUT2D eigenvalue weighted by Gasteiger charge is -2.06. The predicted molar refractivity (Wildman–Crippen MR) is 87.9 cm³/mol. The number of rotatable bonds is 7. The molecule has 22 heavy (non-hydrogen) atoms. The van der Waals surface area contributed by atoms with Crippen LogP contribution >= 0.6 is 11.8 Å². The number of nitrogens with one attached hydrogen (secondary N) is 1. The standard InChI is InChI=1S/C17H18FNO2S/c1-21-15-8-6-13(7-9-15)17(20)19-10-11-22-12-14-4-2-3-5-16(14)18/h2-9H,10-12H2,1H3,(H,19,20). The maximum Gasteiger partial charge on any atom is 0.251 e. The Bertz CT molecular complexity index is 616. The van der Waals surface area contributed by atoms with Gasteiger partial charge in [0.2, 0.25) is 0 Å². The van der Waals surface area contributed by atoms with Crippen LogP contribution in [0.2, 0.25) is 0 Å². The minimum atomic E-state index is -0.183. The fourth-order valence-corrected chi connectivity index (χ4v) is 2.72. The minimum Gasteiger partial charge on any atom is -0.497 e. The molecule has 5 heteroatoms. The van der Waals surface area contributed by atoms with E-state index in [1.165, 1.54) is 6.07 Å². The molecule has 0 saturated carbocycles. The van der Waals surface area contributed by atoms with Crippen LogP contribution in [0, 0.1) is 5.82 Å². The monoisotopic (exact) mass is 319 g/mol. The smallest absolute Gasteiger partial charge is 0.251 e. The van der Waals surface area contributed by atoms with Gasteiger partial charge in [-0.25, -0.2) is 4.39 Å². The summed E-state index contributed by atoms with van der Waals surface area (Å²) in [5.41, 5.74) is 1.29. The normalized spacial score (nSPS) is 10.3. The van der Waals surface area contributed by atoms with Crippen molar-refractivity contribution in [2.45, 2.75) is 5.75 Å². The third-order valence-electron chi connectivity index (χ3n) is 3.10. The summed E-state index contributed by atoms with van der Waals surface area (Å²) in [5.74, 6) is 1.75. The summed E-state index contributed by atoms with van der Waals surface area (Å²) < 4.78 is 18.5. The lowest BCUT2D eigenvalue weighted by Crippen LogP contribution is -2.25. The lowest BCUT2D eigenvalue weighted by atomic mass is 10.2. The van der Waals surface area contributed by atoms with Gasteiger partial charge in [0.25, 0.3) is 5.91 Å². The first-order valence-corrected chi connectivity index (χ1v) is 8.09. The summed E-state index contributed by atoms with van der Waals surface area (Å²) in [6.45, 7) is 0.546. The summed E-state index contributed by atoms with van der Waals surface area (Å²) in [7, 11) is 1.59. The molecule has 0 radical (unpaired) electrons. The van der Waals surface area contributed by atoms with Crippen molar-refractivity contribution in [1.29, 1.82) is 0 Å². The molecule has 0 aromatic heterocycles. The van der Waals surface area contributed by atoms with Gasteiger partial charge in [0, 0.05) is 23.6 Å². The van der Waals surface area contributed by atoms with Crippen LogP contribution in [0.3, 0.4) is 0 Å². The quantitative estimate of drug-likeness (QED) is 0.794. The highest BCUT2D eigenvalue weighted by Gasteiger charge is 2.05. The van der Waals surface area contributed by atoms with E-state index in [2.05, 4.69) is 5.32 Å². The van der Waals surface area contributed by atoms with E-state index in [4.69, 9.17) is 4.74 Å². The van der Waals surface area contributed by atoms with Crippen molar-refractivity contribution < 1.29 is 13.9 Å². The maximum atomic E-state index is 13.4. The number of thioether (sulfide) groups is 1. The molecule has 0 spiro atoms. The summed E-state index contributed by atoms with van der Waals surface area (Å²) in [5, 5.41) is 2.84. The summed E-state index contributed by atoms with van der Waals surface area (Å²) in [4.78, 5) is 11.9. The third-order valence-corrected chi connectivity index (χ3v) is 4.11. The molecule has 3 nitrogen and oxygen atoms in total. The number of methoxy groups -OCH3 is 1. The molecule has 0 saturated heterocycles. The number of carbonyl (C=O) groups is 1. The Morgan fingerprint density at radius 2 is 1.91 bits per heavy atom. The van der Waals surface area contributed by atoms with Gasteiger partial charge in [0.1, 0.15) is 11.6 Å². The SMILES string of the molecule is COc1ccc(C(=O)NCCSCc2ccccc2F)cc1. The average Bonchev–Trinajstić information content (AvgIpc) is 2.56. The lowest BCUT2D eigenvalue weighted by molar-refractivity contribution is 0.0956. The third kappa shape index (κ3) is 4.77. The summed E-state index contributed by atoms with van der Waals surface area (Å²) in [6.07, 6.45) is 0. The highest BCUT2D eigenvalue weighted by atomic mass is 32.2. The van der Waals surface area contributed by atoms with E-state index >= 15 is 0 Å². The van der Waals surface area contributed by atoms with Crippen molar-refractivity contribution in [1.82, 2.24) is 5.32 Å². The van der Waals surface area contributed by atoms with Crippen LogP contribution in [0.4, 0.5) is 4.39 Å². The molecule has 0 atom stereocenters. The average molecular weight is 319 g/mol. The Morgan fingerprint density at radius 1 is 1.18 bits per heavy atom. The first-order valence-electron chi connectivity index (χ1n) is 6.94. The van der Waals surface area contributed by atoms with E-state index in [1.807, 2.05) is 6.07 Å². The highest BCUT2D eigenvalue weighted by molar-refractivity contribution is 7.98. The second-order valence-electron chi connectivity index (χ2n) is 4.63. The molecule has 0 aliphatic heterocycles. The second-order valence-corrected chi connectivity index (χ2v) is 5.73. The zero-order chi connectivity index (χ0) is 15.8. The predicted octanol–water partition coefficient (Wildman–Crippen LogP) is 3.50. The molecule has 0 aliphatic rings. The Hall–Kier alpha value is -2.01. The minimum absolute atomic E-state index is 0.117. The topological polar surface area (TPSA) is 38.3 Å². The number of hydrogen-bond donors (Lipinski definition) is 1. The molecule has 1 amide bonds. The van der Waals surface area contributed by atoms with Crippen molar-refractivity contribution in [3.63, 3.8) is 0 Å². The van der Waals surface area contributed by atoms with E-state index in [0.717, 1.165) is 11.5 Å². The number of carbonyl (C=O) groups excluding carboxylic acids is 1. The zero-order valence-corrected chi connectivity index (χ0v) is 13.2. The Balaban J connectivity index is 1.70. The molecule has 1 N–H and O–H groups in total. The zero-order valence-electron chi connectivity index (χ0n) is 12.3. The van der Waals surface area contributed by atoms with E-state index in [9.17, 15) is 9.18 Å². The molecular formula is C17H18FNO2S. The number of ether oxygens (including phenoxy) is 1. The van der Waals surface area contributed by atoms with E-state index in [1.54, 1.807) is 55.3 Å². The van der Waals surface area contributed by atoms with Gasteiger partial charge < -0.3 is 10.1 Å². The van der Waals surface area contributed by atoms with Crippen molar-refractivity contribution in [3.8, 4) is 5.75 Å². The van der Waals surface area contributed by atoms with Crippen LogP contribution < -0.4 is 10.1 Å². The number of amides is 1. The fourth-order valence-electron chi connectivity index (χ4n) is 1.88. The number of benzene rings is 2. The fraction of sp³-hybridized carbons (Fsp3) is 0.235. The van der Waals surface area contributed by atoms with Crippen molar-refractivity contribution in [2.75, 3.05) is 19.4 Å². The van der Waals surface area contributed by atoms with Crippen LogP contribution in [-0.2, 0) is 5.75 Å². The molecule has 0 bridgehead atoms. The molecule has 2 aromatic carbocycles. The van der Waals surface area contributed by atoms with Gasteiger partial charge >= 0.3 is 0 Å². The first-order chi connectivity index (χ1) is 10.7. The molecule has 0 fully saturated rings. The van der Waals surface area contributed by atoms with Crippen LogP contribution in [0.1, 0.15) is 15.9 Å². The first kappa shape index (κ1) is 16.4. The largest absolute Gasteiger partial charge is 0.497 e. The van der Waals surface area contributed by atoms with Gasteiger partial charge in [-0.15, -0.1) is 0 Å². The molecular weight excluding hydrogens is 301 g/mol. The van der Waals surface area contributed by atoms with Crippen LogP contribution in [0.5, 0.6) is 5.75 Å². The highest BCUT2D eigenvalue weighted by Crippen LogP contribution is 2.15. The van der Waals surface area contributed by atoms with Crippen molar-refractivity contribution >= 4 is 17.7 Å². The van der Waals surface area contributed by atoms with E-state index < -0.39 is 0 Å². The van der Waals surface area contributed by atoms with Gasteiger partial charge in [0.05, 0.1) is 7.11 Å². The second kappa shape index (κ2) is 8.44. The van der Waals surface area contributed by atoms with Gasteiger partial charge in [0.15, 0.2) is 0 Å². The van der Waals surface area contributed by atoms with Crippen molar-refractivity contribution in [2.24, 2.45) is 0 Å². The number of halogens is 1. The molecule has 2 rings (SSSR count). The van der Waals surface area contributed by atoms with E-state index in [0.29, 0.717) is 23.4 Å². The van der Waals surface area contributed by atoms with Gasteiger partial charge in [-0.3, -0.25) is 4.79 Å². The van der Waals surface area contributed by atoms with Crippen LogP contribution in [0.25, 0.3) is 0 Å². The Labute approximate surface area is 133 Å². The van der Waals surface area contributed by atoms with Gasteiger partial charge in [-0.1, -0.05) is 18.2 Å². The molecule has 0 aliphatic carbocycles. The summed E-state index contributed by atoms with van der Waals surface area (Å²) >= 11 is 1.59. The molecule has 116 valence electrons. The van der Waals surface area contributed by atoms with E-state index in [-0.39, 0.29) is 11.7 Å². The van der Waals surface area contributed by atoms with Gasteiger partial charge in [-0.05, 0) is 35.9 Å². The van der Waals surface area contributed by atoms with Crippen LogP contribution in [-0.4, -0.2) is 25.3 Å². The maximum absolute atomic E-state index is 13.4. The number of hydrogen-bond acceptors (Lipinski definition) is 3. The Kier molecular flexibility index (Phi) is 6.27. The van der Waals surface area contributed by atoms with Crippen molar-refractivity contribution in [3.05, 3.63) is 65.5 Å². The molecule has 2 aromatic rings. The summed E-state index contributed by atoms with van der Waals surface area (Å²) in [6, 6.07) is 13.7. The molecule has 0 unspecified atom stereocenters. The van der Waals surface area contributed by atoms with Crippen LogP contribution in [0.15, 0.2) is 48.5 Å².